The Hall–Kier alpha value is -4.57. The number of hydrogen-bond acceptors (Lipinski definition) is 8. The third-order valence-electron chi connectivity index (χ3n) is 9.85. The lowest BCUT2D eigenvalue weighted by molar-refractivity contribution is 0.0779. The van der Waals surface area contributed by atoms with E-state index in [9.17, 15) is 4.79 Å². The first-order chi connectivity index (χ1) is 23.0. The van der Waals surface area contributed by atoms with E-state index in [2.05, 4.69) is 69.2 Å². The molecule has 1 unspecified atom stereocenters. The average molecular weight is 639 g/mol. The molecule has 2 aliphatic rings. The lowest BCUT2D eigenvalue weighted by atomic mass is 9.77. The fraction of sp³-hybridized carbons (Fsp3) is 0.432. The second-order valence-electron chi connectivity index (χ2n) is 12.5. The van der Waals surface area contributed by atoms with Crippen LogP contribution in [0.5, 0.6) is 17.2 Å². The number of hydrogen-bond donors (Lipinski definition) is 1. The number of rotatable bonds is 12. The topological polar surface area (TPSA) is 94.0 Å². The molecule has 4 aromatic rings. The van der Waals surface area contributed by atoms with Gasteiger partial charge in [0, 0.05) is 62.1 Å². The highest BCUT2D eigenvalue weighted by molar-refractivity contribution is 5.96. The van der Waals surface area contributed by atoms with Crippen molar-refractivity contribution in [2.24, 2.45) is 0 Å². The van der Waals surface area contributed by atoms with Crippen molar-refractivity contribution in [3.8, 4) is 17.2 Å². The first kappa shape index (κ1) is 32.4. The molecule has 47 heavy (non-hydrogen) atoms. The van der Waals surface area contributed by atoms with Gasteiger partial charge in [-0.25, -0.2) is 4.98 Å². The van der Waals surface area contributed by atoms with Gasteiger partial charge in [-0.05, 0) is 81.1 Å². The second-order valence-corrected chi connectivity index (χ2v) is 12.5. The number of ether oxygens (including phenoxy) is 3. The van der Waals surface area contributed by atoms with Gasteiger partial charge >= 0.3 is 0 Å². The van der Waals surface area contributed by atoms with E-state index >= 15 is 0 Å². The summed E-state index contributed by atoms with van der Waals surface area (Å²) in [7, 11) is 4.70. The summed E-state index contributed by atoms with van der Waals surface area (Å²) < 4.78 is 18.8. The van der Waals surface area contributed by atoms with Gasteiger partial charge in [0.05, 0.1) is 32.4 Å². The molecule has 4 heterocycles. The second kappa shape index (κ2) is 14.5. The summed E-state index contributed by atoms with van der Waals surface area (Å²) in [5.74, 6) is 2.34. The highest BCUT2D eigenvalue weighted by atomic mass is 16.5. The van der Waals surface area contributed by atoms with Crippen molar-refractivity contribution in [2.45, 2.75) is 50.6 Å². The molecule has 2 saturated heterocycles. The number of allylic oxidation sites excluding steroid dienone is 2. The molecule has 2 fully saturated rings. The van der Waals surface area contributed by atoms with Gasteiger partial charge in [-0.3, -0.25) is 9.78 Å². The molecule has 0 aliphatic carbocycles. The predicted molar refractivity (Wildman–Crippen MR) is 185 cm³/mol. The van der Waals surface area contributed by atoms with Crippen LogP contribution >= 0.6 is 0 Å². The maximum atomic E-state index is 13.9. The number of benzene rings is 2. The Kier molecular flexibility index (Phi) is 9.96. The van der Waals surface area contributed by atoms with Gasteiger partial charge in [0.15, 0.2) is 11.5 Å². The molecule has 0 saturated carbocycles. The Labute approximate surface area is 277 Å². The van der Waals surface area contributed by atoms with Gasteiger partial charge in [0.25, 0.3) is 5.91 Å². The van der Waals surface area contributed by atoms with E-state index in [1.54, 1.807) is 33.5 Å². The average Bonchev–Trinajstić information content (AvgIpc) is 3.72. The quantitative estimate of drug-likeness (QED) is 0.195. The Morgan fingerprint density at radius 1 is 1.00 bits per heavy atom. The maximum Gasteiger partial charge on any atom is 0.254 e. The number of likely N-dealkylation sites (tertiary alicyclic amines) is 2. The smallest absolute Gasteiger partial charge is 0.254 e. The van der Waals surface area contributed by atoms with Crippen LogP contribution in [0.1, 0.15) is 48.5 Å². The molecule has 0 bridgehead atoms. The van der Waals surface area contributed by atoms with E-state index in [0.717, 1.165) is 68.8 Å². The number of nitrogens with zero attached hydrogens (tertiary/aromatic N) is 5. The molecule has 1 amide bonds. The number of fused-ring (bicyclic) bond motifs is 1. The molecular formula is C37H46N6O4. The third-order valence-corrected chi connectivity index (χ3v) is 9.85. The summed E-state index contributed by atoms with van der Waals surface area (Å²) in [6, 6.07) is 16.4. The fourth-order valence-corrected chi connectivity index (χ4v) is 7.16. The van der Waals surface area contributed by atoms with Crippen molar-refractivity contribution < 1.29 is 19.0 Å². The number of amides is 1. The van der Waals surface area contributed by atoms with Crippen LogP contribution in [0.25, 0.3) is 11.0 Å². The lowest BCUT2D eigenvalue weighted by Gasteiger charge is -2.36. The number of piperidine rings is 1. The van der Waals surface area contributed by atoms with Crippen LogP contribution in [0.3, 0.4) is 0 Å². The molecule has 0 spiro atoms. The standard InChI is InChI=1S/C37H46N6O4/c1-5-6-19-43-31-10-8-7-9-30(31)40-36(43)39-29-13-20-41(21-14-29)22-15-37(28-11-17-38-18-12-28)16-23-42(26-37)35(44)27-24-32(45-2)34(47-4)33(25-27)46-3/h5-12,17-18,24-25,29H,13-16,19-23,26H2,1-4H3,(H,39,40). The molecule has 6 rings (SSSR count). The number of para-hydroxylation sites is 2. The van der Waals surface area contributed by atoms with Crippen LogP contribution in [-0.4, -0.2) is 90.3 Å². The Bertz CT molecular complexity index is 1670. The van der Waals surface area contributed by atoms with Crippen LogP contribution in [-0.2, 0) is 12.0 Å². The summed E-state index contributed by atoms with van der Waals surface area (Å²) >= 11 is 0. The SMILES string of the molecule is CC=CCn1c(NC2CCN(CCC3(c4ccncc4)CCN(C(=O)c4cc(OC)c(OC)c(OC)c4)C3)CC2)nc2ccccc21. The van der Waals surface area contributed by atoms with E-state index in [1.165, 1.54) is 5.56 Å². The Morgan fingerprint density at radius 2 is 1.72 bits per heavy atom. The van der Waals surface area contributed by atoms with E-state index in [1.807, 2.05) is 23.4 Å². The largest absolute Gasteiger partial charge is 0.493 e. The molecular weight excluding hydrogens is 592 g/mol. The van der Waals surface area contributed by atoms with Gasteiger partial charge in [-0.15, -0.1) is 0 Å². The minimum atomic E-state index is -0.147. The van der Waals surface area contributed by atoms with E-state index in [-0.39, 0.29) is 11.3 Å². The van der Waals surface area contributed by atoms with Crippen molar-refractivity contribution in [3.05, 3.63) is 84.2 Å². The summed E-state index contributed by atoms with van der Waals surface area (Å²) in [4.78, 5) is 27.6. The first-order valence-electron chi connectivity index (χ1n) is 16.5. The van der Waals surface area contributed by atoms with Crippen LogP contribution in [0.4, 0.5) is 5.95 Å². The zero-order valence-electron chi connectivity index (χ0n) is 27.9. The molecule has 248 valence electrons. The molecule has 2 aromatic carbocycles. The minimum absolute atomic E-state index is 0.0347. The van der Waals surface area contributed by atoms with Gasteiger partial charge in [0.2, 0.25) is 11.7 Å². The predicted octanol–water partition coefficient (Wildman–Crippen LogP) is 5.78. The molecule has 1 atom stereocenters. The van der Waals surface area contributed by atoms with Gasteiger partial charge in [0.1, 0.15) is 0 Å². The first-order valence-corrected chi connectivity index (χ1v) is 16.5. The van der Waals surface area contributed by atoms with Crippen LogP contribution in [0.15, 0.2) is 73.1 Å². The Morgan fingerprint density at radius 3 is 2.40 bits per heavy atom. The summed E-state index contributed by atoms with van der Waals surface area (Å²) in [6.45, 7) is 7.19. The molecule has 10 nitrogen and oxygen atoms in total. The molecule has 1 N–H and O–H groups in total. The van der Waals surface area contributed by atoms with Crippen molar-refractivity contribution >= 4 is 22.9 Å². The van der Waals surface area contributed by atoms with Crippen molar-refractivity contribution in [1.82, 2.24) is 24.3 Å². The number of carbonyl (C=O) groups is 1. The van der Waals surface area contributed by atoms with Crippen LogP contribution in [0, 0.1) is 0 Å². The molecule has 10 heteroatoms. The normalized spacial score (nSPS) is 19.0. The van der Waals surface area contributed by atoms with Gasteiger partial charge in [-0.1, -0.05) is 24.3 Å². The number of pyridine rings is 1. The van der Waals surface area contributed by atoms with Crippen LogP contribution < -0.4 is 19.5 Å². The van der Waals surface area contributed by atoms with Crippen molar-refractivity contribution in [1.29, 1.82) is 0 Å². The molecule has 2 aliphatic heterocycles. The molecule has 0 radical (unpaired) electrons. The van der Waals surface area contributed by atoms with Crippen molar-refractivity contribution in [2.75, 3.05) is 59.4 Å². The zero-order chi connectivity index (χ0) is 32.8. The minimum Gasteiger partial charge on any atom is -0.493 e. The van der Waals surface area contributed by atoms with E-state index in [0.29, 0.717) is 41.9 Å². The Balaban J connectivity index is 1.12. The number of aromatic nitrogens is 3. The summed E-state index contributed by atoms with van der Waals surface area (Å²) in [5.41, 5.74) is 3.79. The van der Waals surface area contributed by atoms with Gasteiger partial charge < -0.3 is 33.9 Å². The third kappa shape index (κ3) is 6.79. The highest BCUT2D eigenvalue weighted by Crippen LogP contribution is 2.41. The van der Waals surface area contributed by atoms with E-state index in [4.69, 9.17) is 19.2 Å². The lowest BCUT2D eigenvalue weighted by Crippen LogP contribution is -2.42. The van der Waals surface area contributed by atoms with Crippen molar-refractivity contribution in [3.63, 3.8) is 0 Å². The van der Waals surface area contributed by atoms with Crippen LogP contribution in [0.2, 0.25) is 0 Å². The van der Waals surface area contributed by atoms with Gasteiger partial charge in [-0.2, -0.15) is 0 Å². The zero-order valence-corrected chi connectivity index (χ0v) is 27.9. The fourth-order valence-electron chi connectivity index (χ4n) is 7.16. The summed E-state index contributed by atoms with van der Waals surface area (Å²) in [5, 5.41) is 3.77. The maximum absolute atomic E-state index is 13.9. The number of carbonyl (C=O) groups excluding carboxylic acids is 1. The molecule has 2 aromatic heterocycles. The number of nitrogens with one attached hydrogen (secondary N) is 1. The number of methoxy groups -OCH3 is 3. The number of imidazole rings is 1. The highest BCUT2D eigenvalue weighted by Gasteiger charge is 2.42. The van der Waals surface area contributed by atoms with E-state index < -0.39 is 0 Å². The number of anilines is 1. The monoisotopic (exact) mass is 638 g/mol. The summed E-state index contributed by atoms with van der Waals surface area (Å²) in [6.07, 6.45) is 12.0.